The maximum Gasteiger partial charge on any atom is 0.237 e. The van der Waals surface area contributed by atoms with E-state index in [1.165, 1.54) is 19.3 Å². The molecule has 0 saturated carbocycles. The zero-order chi connectivity index (χ0) is 19.1. The van der Waals surface area contributed by atoms with Crippen molar-refractivity contribution in [2.75, 3.05) is 26.7 Å². The third kappa shape index (κ3) is 5.30. The van der Waals surface area contributed by atoms with Crippen LogP contribution >= 0.6 is 0 Å². The first-order valence-electron chi connectivity index (χ1n) is 9.72. The van der Waals surface area contributed by atoms with Gasteiger partial charge in [0.2, 0.25) is 5.91 Å². The number of piperidine rings is 1. The van der Waals surface area contributed by atoms with Crippen molar-refractivity contribution < 1.29 is 9.53 Å². The molecule has 144 valence electrons. The second kappa shape index (κ2) is 9.51. The van der Waals surface area contributed by atoms with Crippen molar-refractivity contribution in [1.82, 2.24) is 14.8 Å². The molecular weight excluding hydrogens is 338 g/mol. The second-order valence-electron chi connectivity index (χ2n) is 7.17. The van der Waals surface area contributed by atoms with Crippen LogP contribution in [0.4, 0.5) is 0 Å². The highest BCUT2D eigenvalue weighted by Gasteiger charge is 2.24. The molecule has 2 aromatic rings. The molecule has 0 N–H and O–H groups in total. The van der Waals surface area contributed by atoms with Crippen molar-refractivity contribution in [1.29, 1.82) is 0 Å². The zero-order valence-corrected chi connectivity index (χ0v) is 16.3. The molecule has 1 unspecified atom stereocenters. The molecule has 27 heavy (non-hydrogen) atoms. The molecule has 1 aliphatic rings. The van der Waals surface area contributed by atoms with Crippen LogP contribution in [0.25, 0.3) is 0 Å². The maximum atomic E-state index is 13.2. The van der Waals surface area contributed by atoms with E-state index in [9.17, 15) is 4.79 Å². The minimum absolute atomic E-state index is 0.0200. The van der Waals surface area contributed by atoms with Crippen LogP contribution in [-0.2, 0) is 11.3 Å². The number of aromatic nitrogens is 1. The lowest BCUT2D eigenvalue weighted by Gasteiger charge is -2.33. The Morgan fingerprint density at radius 2 is 1.93 bits per heavy atom. The molecule has 2 heterocycles. The summed E-state index contributed by atoms with van der Waals surface area (Å²) >= 11 is 0. The molecule has 0 bridgehead atoms. The number of nitrogens with zero attached hydrogens (tertiary/aromatic N) is 3. The van der Waals surface area contributed by atoms with E-state index in [2.05, 4.69) is 16.8 Å². The molecular formula is C22H29N3O2. The summed E-state index contributed by atoms with van der Waals surface area (Å²) in [5.41, 5.74) is 2.15. The Labute approximate surface area is 162 Å². The molecule has 1 saturated heterocycles. The first-order chi connectivity index (χ1) is 13.2. The van der Waals surface area contributed by atoms with E-state index < -0.39 is 0 Å². The van der Waals surface area contributed by atoms with Gasteiger partial charge < -0.3 is 9.64 Å². The van der Waals surface area contributed by atoms with E-state index in [4.69, 9.17) is 4.74 Å². The lowest BCUT2D eigenvalue weighted by Crippen LogP contribution is -2.43. The lowest BCUT2D eigenvalue weighted by atomic mass is 10.1. The molecule has 1 aromatic carbocycles. The Bertz CT molecular complexity index is 712. The van der Waals surface area contributed by atoms with Gasteiger partial charge in [-0.2, -0.15) is 0 Å². The quantitative estimate of drug-likeness (QED) is 0.749. The minimum atomic E-state index is -0.0200. The Kier molecular flexibility index (Phi) is 6.82. The SMILES string of the molecule is COc1ccc(C(C)N(Cc2cccnc2)C(=O)CN2CCCCC2)cc1. The van der Waals surface area contributed by atoms with Gasteiger partial charge in [0.15, 0.2) is 0 Å². The normalized spacial score (nSPS) is 15.9. The van der Waals surface area contributed by atoms with E-state index in [1.54, 1.807) is 13.3 Å². The molecule has 0 radical (unpaired) electrons. The number of hydrogen-bond donors (Lipinski definition) is 0. The van der Waals surface area contributed by atoms with Gasteiger partial charge in [-0.25, -0.2) is 0 Å². The third-order valence-electron chi connectivity index (χ3n) is 5.27. The summed E-state index contributed by atoms with van der Waals surface area (Å²) in [5.74, 6) is 0.994. The molecule has 5 nitrogen and oxygen atoms in total. The molecule has 1 fully saturated rings. The zero-order valence-electron chi connectivity index (χ0n) is 16.3. The van der Waals surface area contributed by atoms with Crippen LogP contribution in [-0.4, -0.2) is 47.4 Å². The summed E-state index contributed by atoms with van der Waals surface area (Å²) in [6, 6.07) is 11.9. The molecule has 0 spiro atoms. The van der Waals surface area contributed by atoms with Gasteiger partial charge in [0.05, 0.1) is 19.7 Å². The van der Waals surface area contributed by atoms with Crippen LogP contribution in [0.3, 0.4) is 0 Å². The fourth-order valence-corrected chi connectivity index (χ4v) is 3.59. The number of likely N-dealkylation sites (tertiary alicyclic amines) is 1. The lowest BCUT2D eigenvalue weighted by molar-refractivity contribution is -0.135. The van der Waals surface area contributed by atoms with Gasteiger partial charge in [-0.05, 0) is 62.2 Å². The number of hydrogen-bond acceptors (Lipinski definition) is 4. The fraction of sp³-hybridized carbons (Fsp3) is 0.455. The topological polar surface area (TPSA) is 45.7 Å². The molecule has 1 atom stereocenters. The monoisotopic (exact) mass is 367 g/mol. The molecule has 1 aromatic heterocycles. The molecule has 5 heteroatoms. The highest BCUT2D eigenvalue weighted by atomic mass is 16.5. The minimum Gasteiger partial charge on any atom is -0.497 e. The Morgan fingerprint density at radius 1 is 1.19 bits per heavy atom. The van der Waals surface area contributed by atoms with Gasteiger partial charge in [0.25, 0.3) is 0 Å². The van der Waals surface area contributed by atoms with Crippen LogP contribution in [0.2, 0.25) is 0 Å². The van der Waals surface area contributed by atoms with E-state index >= 15 is 0 Å². The first kappa shape index (κ1) is 19.4. The summed E-state index contributed by atoms with van der Waals surface area (Å²) < 4.78 is 5.26. The number of carbonyl (C=O) groups is 1. The standard InChI is InChI=1S/C22H29N3O2/c1-18(20-8-10-21(27-2)11-9-20)25(16-19-7-6-12-23-15-19)22(26)17-24-13-4-3-5-14-24/h6-12,15,18H,3-5,13-14,16-17H2,1-2H3. The molecule has 1 aliphatic heterocycles. The van der Waals surface area contributed by atoms with Gasteiger partial charge in [-0.1, -0.05) is 24.6 Å². The third-order valence-corrected chi connectivity index (χ3v) is 5.27. The number of benzene rings is 1. The number of amides is 1. The van der Waals surface area contributed by atoms with Gasteiger partial charge in [-0.15, -0.1) is 0 Å². The number of ether oxygens (including phenoxy) is 1. The largest absolute Gasteiger partial charge is 0.497 e. The average molecular weight is 367 g/mol. The first-order valence-corrected chi connectivity index (χ1v) is 9.72. The highest BCUT2D eigenvalue weighted by Crippen LogP contribution is 2.25. The smallest absolute Gasteiger partial charge is 0.237 e. The van der Waals surface area contributed by atoms with Crippen molar-refractivity contribution in [2.24, 2.45) is 0 Å². The van der Waals surface area contributed by atoms with Crippen LogP contribution in [0.1, 0.15) is 43.4 Å². The Morgan fingerprint density at radius 3 is 2.56 bits per heavy atom. The predicted molar refractivity (Wildman–Crippen MR) is 106 cm³/mol. The maximum absolute atomic E-state index is 13.2. The van der Waals surface area contributed by atoms with E-state index in [-0.39, 0.29) is 11.9 Å². The van der Waals surface area contributed by atoms with E-state index in [1.807, 2.05) is 47.5 Å². The van der Waals surface area contributed by atoms with Gasteiger partial charge in [-0.3, -0.25) is 14.7 Å². The predicted octanol–water partition coefficient (Wildman–Crippen LogP) is 3.67. The van der Waals surface area contributed by atoms with Crippen molar-refractivity contribution in [3.05, 3.63) is 59.9 Å². The second-order valence-corrected chi connectivity index (χ2v) is 7.17. The molecule has 3 rings (SSSR count). The molecule has 0 aliphatic carbocycles. The van der Waals surface area contributed by atoms with Crippen molar-refractivity contribution in [3.8, 4) is 5.75 Å². The van der Waals surface area contributed by atoms with Gasteiger partial charge in [0, 0.05) is 18.9 Å². The highest BCUT2D eigenvalue weighted by molar-refractivity contribution is 5.78. The number of methoxy groups -OCH3 is 1. The average Bonchev–Trinajstić information content (AvgIpc) is 2.73. The summed E-state index contributed by atoms with van der Waals surface area (Å²) in [6.45, 7) is 5.17. The van der Waals surface area contributed by atoms with Crippen LogP contribution < -0.4 is 4.74 Å². The number of pyridine rings is 1. The van der Waals surface area contributed by atoms with Crippen LogP contribution in [0, 0.1) is 0 Å². The summed E-state index contributed by atoms with van der Waals surface area (Å²) in [7, 11) is 1.66. The van der Waals surface area contributed by atoms with Crippen LogP contribution in [0.5, 0.6) is 5.75 Å². The van der Waals surface area contributed by atoms with Crippen molar-refractivity contribution in [2.45, 2.75) is 38.8 Å². The van der Waals surface area contributed by atoms with Gasteiger partial charge in [0.1, 0.15) is 5.75 Å². The Hall–Kier alpha value is -2.40. The summed E-state index contributed by atoms with van der Waals surface area (Å²) in [6.07, 6.45) is 7.23. The molecule has 1 amide bonds. The van der Waals surface area contributed by atoms with Crippen molar-refractivity contribution in [3.63, 3.8) is 0 Å². The van der Waals surface area contributed by atoms with Crippen LogP contribution in [0.15, 0.2) is 48.8 Å². The Balaban J connectivity index is 1.77. The summed E-state index contributed by atoms with van der Waals surface area (Å²) in [5, 5.41) is 0. The summed E-state index contributed by atoms with van der Waals surface area (Å²) in [4.78, 5) is 21.6. The van der Waals surface area contributed by atoms with Gasteiger partial charge >= 0.3 is 0 Å². The van der Waals surface area contributed by atoms with E-state index in [0.29, 0.717) is 13.1 Å². The van der Waals surface area contributed by atoms with E-state index in [0.717, 1.165) is 30.0 Å². The number of rotatable bonds is 7. The number of carbonyl (C=O) groups excluding carboxylic acids is 1. The van der Waals surface area contributed by atoms with Crippen molar-refractivity contribution >= 4 is 5.91 Å². The fourth-order valence-electron chi connectivity index (χ4n) is 3.59.